The minimum absolute atomic E-state index is 0.188. The van der Waals surface area contributed by atoms with Crippen molar-refractivity contribution in [1.82, 2.24) is 9.78 Å². The lowest BCUT2D eigenvalue weighted by Gasteiger charge is -2.09. The van der Waals surface area contributed by atoms with Gasteiger partial charge in [0.1, 0.15) is 0 Å². The third kappa shape index (κ3) is 3.74. The van der Waals surface area contributed by atoms with Gasteiger partial charge in [-0.3, -0.25) is 4.79 Å². The molecule has 0 spiro atoms. The summed E-state index contributed by atoms with van der Waals surface area (Å²) < 4.78 is 1.83. The number of carbonyl (C=O) groups excluding carboxylic acids is 1. The van der Waals surface area contributed by atoms with E-state index >= 15 is 0 Å². The predicted octanol–water partition coefficient (Wildman–Crippen LogP) is 2.86. The van der Waals surface area contributed by atoms with Gasteiger partial charge in [0.2, 0.25) is 5.91 Å². The number of amides is 1. The van der Waals surface area contributed by atoms with Crippen LogP contribution in [0.15, 0.2) is 24.3 Å². The van der Waals surface area contributed by atoms with E-state index in [0.717, 1.165) is 17.8 Å². The maximum Gasteiger partial charge on any atom is 0.242 e. The van der Waals surface area contributed by atoms with Crippen LogP contribution in [0.2, 0.25) is 0 Å². The molecule has 3 N–H and O–H groups in total. The van der Waals surface area contributed by atoms with E-state index in [9.17, 15) is 4.79 Å². The summed E-state index contributed by atoms with van der Waals surface area (Å²) in [4.78, 5) is 12.0. The molecule has 5 nitrogen and oxygen atoms in total. The highest BCUT2D eigenvalue weighted by Gasteiger charge is 2.15. The number of anilines is 1. The lowest BCUT2D eigenvalue weighted by Crippen LogP contribution is -2.35. The molecule has 0 saturated heterocycles. The Kier molecular flexibility index (Phi) is 4.98. The van der Waals surface area contributed by atoms with Gasteiger partial charge in [0.15, 0.2) is 5.82 Å². The standard InChI is InChI=1S/C17H24N4O/c1-5-6-15(18)17(22)19-16-10-13(4)21(20-16)14-8-11(2)7-12(3)9-14/h7-10,15H,5-6,18H2,1-4H3,(H,19,20,22). The zero-order valence-electron chi connectivity index (χ0n) is 13.7. The quantitative estimate of drug-likeness (QED) is 0.891. The molecule has 1 aromatic carbocycles. The SMILES string of the molecule is CCCC(N)C(=O)Nc1cc(C)n(-c2cc(C)cc(C)c2)n1. The molecule has 0 aliphatic carbocycles. The van der Waals surface area contributed by atoms with E-state index in [0.29, 0.717) is 12.2 Å². The Morgan fingerprint density at radius 2 is 1.86 bits per heavy atom. The molecule has 1 aromatic heterocycles. The largest absolute Gasteiger partial charge is 0.320 e. The highest BCUT2D eigenvalue weighted by molar-refractivity contribution is 5.93. The molecule has 0 aliphatic heterocycles. The van der Waals surface area contributed by atoms with Gasteiger partial charge < -0.3 is 11.1 Å². The molecule has 22 heavy (non-hydrogen) atoms. The number of aromatic nitrogens is 2. The first-order chi connectivity index (χ1) is 10.4. The predicted molar refractivity (Wildman–Crippen MR) is 89.3 cm³/mol. The van der Waals surface area contributed by atoms with E-state index in [1.165, 1.54) is 11.1 Å². The summed E-state index contributed by atoms with van der Waals surface area (Å²) >= 11 is 0. The van der Waals surface area contributed by atoms with E-state index in [2.05, 4.69) is 42.5 Å². The summed E-state index contributed by atoms with van der Waals surface area (Å²) in [5.74, 6) is 0.347. The van der Waals surface area contributed by atoms with Crippen molar-refractivity contribution in [3.8, 4) is 5.69 Å². The molecule has 0 aliphatic rings. The number of aryl methyl sites for hydroxylation is 3. The number of hydrogen-bond donors (Lipinski definition) is 2. The molecule has 2 rings (SSSR count). The van der Waals surface area contributed by atoms with Crippen molar-refractivity contribution in [2.75, 3.05) is 5.32 Å². The van der Waals surface area contributed by atoms with E-state index in [-0.39, 0.29) is 5.91 Å². The lowest BCUT2D eigenvalue weighted by molar-refractivity contribution is -0.117. The van der Waals surface area contributed by atoms with Gasteiger partial charge >= 0.3 is 0 Å². The van der Waals surface area contributed by atoms with E-state index in [4.69, 9.17) is 5.73 Å². The van der Waals surface area contributed by atoms with Crippen molar-refractivity contribution < 1.29 is 4.79 Å². The summed E-state index contributed by atoms with van der Waals surface area (Å²) in [5, 5.41) is 7.26. The average molecular weight is 300 g/mol. The second-order valence-corrected chi connectivity index (χ2v) is 5.81. The smallest absolute Gasteiger partial charge is 0.242 e. The van der Waals surface area contributed by atoms with Gasteiger partial charge in [-0.15, -0.1) is 5.10 Å². The Balaban J connectivity index is 2.23. The van der Waals surface area contributed by atoms with E-state index in [1.807, 2.05) is 24.6 Å². The maximum absolute atomic E-state index is 12.0. The van der Waals surface area contributed by atoms with Crippen molar-refractivity contribution in [1.29, 1.82) is 0 Å². The molecule has 1 heterocycles. The zero-order chi connectivity index (χ0) is 16.3. The van der Waals surface area contributed by atoms with Gasteiger partial charge in [-0.25, -0.2) is 4.68 Å². The first kappa shape index (κ1) is 16.2. The maximum atomic E-state index is 12.0. The fourth-order valence-electron chi connectivity index (χ4n) is 2.53. The summed E-state index contributed by atoms with van der Waals surface area (Å²) in [6, 6.07) is 7.63. The van der Waals surface area contributed by atoms with Crippen LogP contribution in [0.1, 0.15) is 36.6 Å². The van der Waals surface area contributed by atoms with Crippen molar-refractivity contribution >= 4 is 11.7 Å². The second-order valence-electron chi connectivity index (χ2n) is 5.81. The van der Waals surface area contributed by atoms with Crippen LogP contribution < -0.4 is 11.1 Å². The minimum Gasteiger partial charge on any atom is -0.320 e. The molecule has 0 saturated carbocycles. The molecule has 0 fully saturated rings. The Bertz CT molecular complexity index is 655. The zero-order valence-corrected chi connectivity index (χ0v) is 13.7. The number of nitrogens with two attached hydrogens (primary N) is 1. The van der Waals surface area contributed by atoms with Crippen molar-refractivity contribution in [3.05, 3.63) is 41.1 Å². The van der Waals surface area contributed by atoms with E-state index in [1.54, 1.807) is 0 Å². The fourth-order valence-corrected chi connectivity index (χ4v) is 2.53. The van der Waals surface area contributed by atoms with Crippen LogP contribution in [0.3, 0.4) is 0 Å². The molecule has 2 aromatic rings. The normalized spacial score (nSPS) is 12.2. The molecule has 0 bridgehead atoms. The van der Waals surface area contributed by atoms with Gasteiger partial charge in [0.25, 0.3) is 0 Å². The highest BCUT2D eigenvalue weighted by Crippen LogP contribution is 2.18. The summed E-state index contributed by atoms with van der Waals surface area (Å²) in [6.07, 6.45) is 1.55. The number of nitrogens with zero attached hydrogens (tertiary/aromatic N) is 2. The van der Waals surface area contributed by atoms with Crippen LogP contribution in [0.5, 0.6) is 0 Å². The van der Waals surface area contributed by atoms with Gasteiger partial charge in [-0.05, 0) is 50.5 Å². The third-order valence-electron chi connectivity index (χ3n) is 3.53. The number of nitrogens with one attached hydrogen (secondary N) is 1. The Hall–Kier alpha value is -2.14. The van der Waals surface area contributed by atoms with Gasteiger partial charge in [0.05, 0.1) is 11.7 Å². The highest BCUT2D eigenvalue weighted by atomic mass is 16.2. The summed E-state index contributed by atoms with van der Waals surface area (Å²) in [5.41, 5.74) is 10.1. The average Bonchev–Trinajstić information content (AvgIpc) is 2.78. The van der Waals surface area contributed by atoms with Crippen LogP contribution in [-0.4, -0.2) is 21.7 Å². The van der Waals surface area contributed by atoms with Crippen LogP contribution in [0.4, 0.5) is 5.82 Å². The van der Waals surface area contributed by atoms with Crippen LogP contribution in [0, 0.1) is 20.8 Å². The van der Waals surface area contributed by atoms with Gasteiger partial charge in [0, 0.05) is 11.8 Å². The number of hydrogen-bond acceptors (Lipinski definition) is 3. The van der Waals surface area contributed by atoms with Crippen molar-refractivity contribution in [2.45, 2.75) is 46.6 Å². The number of benzene rings is 1. The molecule has 1 atom stereocenters. The first-order valence-electron chi connectivity index (χ1n) is 7.62. The third-order valence-corrected chi connectivity index (χ3v) is 3.53. The Morgan fingerprint density at radius 1 is 1.23 bits per heavy atom. The van der Waals surface area contributed by atoms with Crippen molar-refractivity contribution in [2.24, 2.45) is 5.73 Å². The Morgan fingerprint density at radius 3 is 2.45 bits per heavy atom. The first-order valence-corrected chi connectivity index (χ1v) is 7.62. The van der Waals surface area contributed by atoms with Crippen molar-refractivity contribution in [3.63, 3.8) is 0 Å². The molecule has 5 heteroatoms. The molecular weight excluding hydrogens is 276 g/mol. The molecular formula is C17H24N4O. The van der Waals surface area contributed by atoms with Crippen LogP contribution in [-0.2, 0) is 4.79 Å². The van der Waals surface area contributed by atoms with Gasteiger partial charge in [-0.1, -0.05) is 19.4 Å². The van der Waals surface area contributed by atoms with E-state index < -0.39 is 6.04 Å². The minimum atomic E-state index is -0.489. The van der Waals surface area contributed by atoms with Crippen LogP contribution in [0.25, 0.3) is 5.69 Å². The van der Waals surface area contributed by atoms with Gasteiger partial charge in [-0.2, -0.15) is 0 Å². The molecule has 0 radical (unpaired) electrons. The Labute approximate surface area is 131 Å². The topological polar surface area (TPSA) is 72.9 Å². The molecule has 1 unspecified atom stereocenters. The lowest BCUT2D eigenvalue weighted by atomic mass is 10.1. The number of carbonyl (C=O) groups is 1. The number of rotatable bonds is 5. The van der Waals surface area contributed by atoms with Crippen LogP contribution >= 0.6 is 0 Å². The summed E-state index contributed by atoms with van der Waals surface area (Å²) in [6.45, 7) is 8.09. The molecule has 118 valence electrons. The monoisotopic (exact) mass is 300 g/mol. The molecule has 1 amide bonds. The summed E-state index contributed by atoms with van der Waals surface area (Å²) in [7, 11) is 0. The second kappa shape index (κ2) is 6.75. The fraction of sp³-hybridized carbons (Fsp3) is 0.412.